The van der Waals surface area contributed by atoms with Crippen LogP contribution in [0.15, 0.2) is 63.9 Å². The van der Waals surface area contributed by atoms with Crippen LogP contribution in [0.25, 0.3) is 5.70 Å². The monoisotopic (exact) mass is 453 g/mol. The number of hydrogen-bond acceptors (Lipinski definition) is 6. The molecule has 2 aromatic rings. The van der Waals surface area contributed by atoms with E-state index in [0.717, 1.165) is 12.0 Å². The minimum atomic E-state index is -1.74. The highest BCUT2D eigenvalue weighted by Gasteiger charge is 2.26. The van der Waals surface area contributed by atoms with Crippen LogP contribution in [0.2, 0.25) is 0 Å². The summed E-state index contributed by atoms with van der Waals surface area (Å²) in [6.07, 6.45) is 1.08. The van der Waals surface area contributed by atoms with E-state index in [0.29, 0.717) is 48.1 Å². The minimum Gasteiger partial charge on any atom is -0.505 e. The summed E-state index contributed by atoms with van der Waals surface area (Å²) in [4.78, 5) is 1.95. The van der Waals surface area contributed by atoms with Gasteiger partial charge in [-0.25, -0.2) is 4.21 Å². The Morgan fingerprint density at radius 3 is 2.66 bits per heavy atom. The highest BCUT2D eigenvalue weighted by molar-refractivity contribution is 7.83. The predicted octanol–water partition coefficient (Wildman–Crippen LogP) is 2.97. The van der Waals surface area contributed by atoms with E-state index in [2.05, 4.69) is 32.9 Å². The molecule has 3 atom stereocenters. The van der Waals surface area contributed by atoms with Gasteiger partial charge in [0.25, 0.3) is 11.2 Å². The van der Waals surface area contributed by atoms with Crippen molar-refractivity contribution in [3.63, 3.8) is 0 Å². The molecule has 1 fully saturated rings. The van der Waals surface area contributed by atoms with Gasteiger partial charge in [-0.3, -0.25) is 0 Å². The van der Waals surface area contributed by atoms with Crippen molar-refractivity contribution >= 4 is 34.2 Å². The average molecular weight is 454 g/mol. The number of phenolic OH excluding ortho intramolecular Hbond substituents is 1. The largest absolute Gasteiger partial charge is 0.505 e. The molecule has 32 heavy (non-hydrogen) atoms. The van der Waals surface area contributed by atoms with E-state index in [-0.39, 0.29) is 17.9 Å². The molecule has 2 aromatic carbocycles. The van der Waals surface area contributed by atoms with E-state index in [9.17, 15) is 14.4 Å². The Morgan fingerprint density at radius 1 is 1.22 bits per heavy atom. The van der Waals surface area contributed by atoms with Gasteiger partial charge in [0, 0.05) is 24.4 Å². The number of nitrogens with zero attached hydrogens (tertiary/aromatic N) is 3. The third-order valence-electron chi connectivity index (χ3n) is 5.63. The summed E-state index contributed by atoms with van der Waals surface area (Å²) in [5.74, 6) is 0.687. The Morgan fingerprint density at radius 2 is 1.97 bits per heavy atom. The van der Waals surface area contributed by atoms with E-state index in [4.69, 9.17) is 0 Å². The maximum atomic E-state index is 12.1. The minimum absolute atomic E-state index is 0.00808. The molecule has 168 valence electrons. The van der Waals surface area contributed by atoms with Gasteiger partial charge < -0.3 is 25.7 Å². The maximum absolute atomic E-state index is 12.1. The van der Waals surface area contributed by atoms with Gasteiger partial charge in [0.05, 0.1) is 17.8 Å². The molecule has 2 heterocycles. The summed E-state index contributed by atoms with van der Waals surface area (Å²) >= 11 is -1.74. The Hall–Kier alpha value is -3.17. The Balaban J connectivity index is 1.53. The van der Waals surface area contributed by atoms with Crippen molar-refractivity contribution in [1.82, 2.24) is 10.2 Å². The van der Waals surface area contributed by atoms with Crippen LogP contribution in [-0.2, 0) is 11.2 Å². The molecule has 0 aliphatic carbocycles. The molecule has 0 radical (unpaired) electrons. The number of para-hydroxylation sites is 1. The maximum Gasteiger partial charge on any atom is 0.269 e. The third-order valence-corrected chi connectivity index (χ3v) is 6.31. The number of aliphatic hydroxyl groups is 1. The molecule has 2 aliphatic rings. The van der Waals surface area contributed by atoms with Crippen molar-refractivity contribution < 1.29 is 14.4 Å². The number of anilines is 1. The molecule has 1 unspecified atom stereocenters. The van der Waals surface area contributed by atoms with Crippen LogP contribution in [0.4, 0.5) is 5.69 Å². The SMILES string of the molecule is C=C(c1cccc(NC2=NS(=O)N=C2N[C@H](CC)c2ccccc2)c1O)N1CC[C@@H](O)C1. The molecule has 0 spiro atoms. The number of β-amino-alcohol motifs (C(OH)–C–C–N with tert-alkyl or cyclic N) is 1. The zero-order chi connectivity index (χ0) is 22.7. The first-order valence-electron chi connectivity index (χ1n) is 10.6. The normalized spacial score (nSPS) is 21.1. The fourth-order valence-electron chi connectivity index (χ4n) is 3.87. The average Bonchev–Trinajstić information content (AvgIpc) is 3.38. The van der Waals surface area contributed by atoms with Crippen LogP contribution < -0.4 is 10.6 Å². The number of aliphatic hydroxyl groups excluding tert-OH is 1. The van der Waals surface area contributed by atoms with E-state index >= 15 is 0 Å². The first-order chi connectivity index (χ1) is 15.5. The van der Waals surface area contributed by atoms with Crippen molar-refractivity contribution in [2.75, 3.05) is 18.4 Å². The lowest BCUT2D eigenvalue weighted by atomic mass is 10.0. The van der Waals surface area contributed by atoms with Crippen LogP contribution >= 0.6 is 0 Å². The predicted molar refractivity (Wildman–Crippen MR) is 129 cm³/mol. The summed E-state index contributed by atoms with van der Waals surface area (Å²) in [5, 5.41) is 27.1. The molecule has 9 heteroatoms. The summed E-state index contributed by atoms with van der Waals surface area (Å²) in [6, 6.07) is 15.2. The van der Waals surface area contributed by atoms with Gasteiger partial charge in [0.15, 0.2) is 11.7 Å². The number of amidine groups is 2. The molecule has 0 amide bonds. The Bertz CT molecular complexity index is 1090. The molecule has 4 N–H and O–H groups in total. The van der Waals surface area contributed by atoms with Crippen LogP contribution in [0.1, 0.15) is 36.9 Å². The van der Waals surface area contributed by atoms with Crippen LogP contribution in [0.5, 0.6) is 5.75 Å². The standard InChI is InChI=1S/C23H27N5O3S/c1-3-19(16-8-5-4-6-9-16)24-22-23(27-32(31)26-22)25-20-11-7-10-18(21(20)30)15(2)28-13-12-17(29)14-28/h4-11,17,19,29-30H,2-3,12-14H2,1H3,(H,24,26)(H,25,27)/t17-,19-,32?/m1/s1. The second-order valence-electron chi connectivity index (χ2n) is 7.79. The second-order valence-corrected chi connectivity index (χ2v) is 8.61. The molecular formula is C23H27N5O3S. The summed E-state index contributed by atoms with van der Waals surface area (Å²) < 4.78 is 20.3. The zero-order valence-corrected chi connectivity index (χ0v) is 18.7. The number of rotatable bonds is 6. The lowest BCUT2D eigenvalue weighted by Crippen LogP contribution is -2.36. The number of benzene rings is 2. The lowest BCUT2D eigenvalue weighted by Gasteiger charge is -2.23. The third kappa shape index (κ3) is 4.68. The number of phenols is 1. The summed E-state index contributed by atoms with van der Waals surface area (Å²) in [6.45, 7) is 7.32. The Kier molecular flexibility index (Phi) is 6.57. The fourth-order valence-corrected chi connectivity index (χ4v) is 4.50. The van der Waals surface area contributed by atoms with Crippen molar-refractivity contribution in [2.24, 2.45) is 8.80 Å². The molecule has 0 bridgehead atoms. The fraction of sp³-hybridized carbons (Fsp3) is 0.304. The van der Waals surface area contributed by atoms with Gasteiger partial charge in [0.2, 0.25) is 0 Å². The molecule has 0 aromatic heterocycles. The van der Waals surface area contributed by atoms with Crippen LogP contribution in [0, 0.1) is 0 Å². The highest BCUT2D eigenvalue weighted by Crippen LogP contribution is 2.35. The number of likely N-dealkylation sites (tertiary alicyclic amines) is 1. The van der Waals surface area contributed by atoms with Gasteiger partial charge in [-0.2, -0.15) is 0 Å². The summed E-state index contributed by atoms with van der Waals surface area (Å²) in [5.41, 5.74) is 2.69. The molecule has 0 saturated carbocycles. The number of aromatic hydroxyl groups is 1. The summed E-state index contributed by atoms with van der Waals surface area (Å²) in [7, 11) is 0. The van der Waals surface area contributed by atoms with Gasteiger partial charge in [-0.15, -0.1) is 8.80 Å². The number of nitrogens with one attached hydrogen (secondary N) is 2. The van der Waals surface area contributed by atoms with Crippen molar-refractivity contribution in [3.8, 4) is 5.75 Å². The zero-order valence-electron chi connectivity index (χ0n) is 17.9. The first kappa shape index (κ1) is 22.0. The molecular weight excluding hydrogens is 426 g/mol. The van der Waals surface area contributed by atoms with Gasteiger partial charge in [-0.1, -0.05) is 49.9 Å². The van der Waals surface area contributed by atoms with E-state index in [1.807, 2.05) is 35.2 Å². The van der Waals surface area contributed by atoms with Crippen molar-refractivity contribution in [3.05, 3.63) is 66.2 Å². The molecule has 8 nitrogen and oxygen atoms in total. The smallest absolute Gasteiger partial charge is 0.269 e. The quantitative estimate of drug-likeness (QED) is 0.501. The van der Waals surface area contributed by atoms with Gasteiger partial charge >= 0.3 is 0 Å². The lowest BCUT2D eigenvalue weighted by molar-refractivity contribution is 0.187. The number of hydrogen-bond donors (Lipinski definition) is 4. The molecule has 2 aliphatic heterocycles. The Labute approximate surface area is 190 Å². The van der Waals surface area contributed by atoms with E-state index in [1.165, 1.54) is 0 Å². The second kappa shape index (κ2) is 9.54. The van der Waals surface area contributed by atoms with Gasteiger partial charge in [0.1, 0.15) is 5.75 Å². The van der Waals surface area contributed by atoms with Crippen LogP contribution in [-0.4, -0.2) is 50.2 Å². The highest BCUT2D eigenvalue weighted by atomic mass is 32.2. The van der Waals surface area contributed by atoms with E-state index in [1.54, 1.807) is 18.2 Å². The van der Waals surface area contributed by atoms with E-state index < -0.39 is 11.2 Å². The van der Waals surface area contributed by atoms with Crippen molar-refractivity contribution in [2.45, 2.75) is 31.9 Å². The molecule has 1 saturated heterocycles. The topological polar surface area (TPSA) is 110 Å². The van der Waals surface area contributed by atoms with Gasteiger partial charge in [-0.05, 0) is 30.5 Å². The first-order valence-corrected chi connectivity index (χ1v) is 11.6. The molecule has 4 rings (SSSR count). The van der Waals surface area contributed by atoms with Crippen LogP contribution in [0.3, 0.4) is 0 Å². The van der Waals surface area contributed by atoms with Crippen molar-refractivity contribution in [1.29, 1.82) is 0 Å².